The van der Waals surface area contributed by atoms with Crippen LogP contribution in [-0.2, 0) is 4.79 Å². The first-order valence-electron chi connectivity index (χ1n) is 5.68. The minimum Gasteiger partial charge on any atom is -0.352 e. The second-order valence-corrected chi connectivity index (χ2v) is 4.40. The molecular weight excluding hydrogens is 190 g/mol. The maximum Gasteiger partial charge on any atom is 0.237 e. The van der Waals surface area contributed by atoms with Crippen molar-refractivity contribution in [3.8, 4) is 0 Å². The predicted octanol–water partition coefficient (Wildman–Crippen LogP) is 0.570. The van der Waals surface area contributed by atoms with Gasteiger partial charge in [-0.2, -0.15) is 0 Å². The van der Waals surface area contributed by atoms with E-state index in [1.165, 1.54) is 0 Å². The summed E-state index contributed by atoms with van der Waals surface area (Å²) >= 11 is 0. The monoisotopic (exact) mass is 215 g/mol. The zero-order valence-corrected chi connectivity index (χ0v) is 10.4. The molecule has 2 atom stereocenters. The molecule has 0 spiro atoms. The highest BCUT2D eigenvalue weighted by Gasteiger charge is 2.14. The van der Waals surface area contributed by atoms with Crippen LogP contribution in [0.4, 0.5) is 0 Å². The number of hydrogen-bond donors (Lipinski definition) is 2. The van der Waals surface area contributed by atoms with Crippen molar-refractivity contribution in [2.24, 2.45) is 5.73 Å². The Labute approximate surface area is 93.2 Å². The summed E-state index contributed by atoms with van der Waals surface area (Å²) in [4.78, 5) is 13.6. The molecule has 4 nitrogen and oxygen atoms in total. The molecular formula is C11H25N3O. The summed E-state index contributed by atoms with van der Waals surface area (Å²) in [5.74, 6) is -0.0249. The number of nitrogens with zero attached hydrogens (tertiary/aromatic N) is 1. The third-order valence-corrected chi connectivity index (χ3v) is 2.33. The van der Waals surface area contributed by atoms with Crippen LogP contribution in [0.25, 0.3) is 0 Å². The van der Waals surface area contributed by atoms with Crippen LogP contribution >= 0.6 is 0 Å². The van der Waals surface area contributed by atoms with Gasteiger partial charge in [0.25, 0.3) is 0 Å². The molecule has 0 aromatic rings. The van der Waals surface area contributed by atoms with E-state index in [2.05, 4.69) is 10.2 Å². The van der Waals surface area contributed by atoms with E-state index in [1.807, 2.05) is 27.9 Å². The summed E-state index contributed by atoms with van der Waals surface area (Å²) in [6, 6.07) is -0.153. The van der Waals surface area contributed by atoms with Gasteiger partial charge >= 0.3 is 0 Å². The van der Waals surface area contributed by atoms with E-state index in [0.29, 0.717) is 0 Å². The van der Waals surface area contributed by atoms with Gasteiger partial charge in [-0.25, -0.2) is 0 Å². The molecule has 0 fully saturated rings. The van der Waals surface area contributed by atoms with Crippen LogP contribution in [0.2, 0.25) is 0 Å². The normalized spacial score (nSPS) is 15.1. The smallest absolute Gasteiger partial charge is 0.237 e. The van der Waals surface area contributed by atoms with Crippen molar-refractivity contribution in [1.82, 2.24) is 10.2 Å². The second-order valence-electron chi connectivity index (χ2n) is 4.40. The Bertz CT molecular complexity index is 183. The Morgan fingerprint density at radius 3 is 2.47 bits per heavy atom. The molecule has 3 N–H and O–H groups in total. The van der Waals surface area contributed by atoms with Gasteiger partial charge in [-0.3, -0.25) is 4.79 Å². The molecule has 0 radical (unpaired) electrons. The van der Waals surface area contributed by atoms with Gasteiger partial charge in [0.1, 0.15) is 0 Å². The second kappa shape index (κ2) is 7.65. The summed E-state index contributed by atoms with van der Waals surface area (Å²) in [5, 5.41) is 2.93. The lowest BCUT2D eigenvalue weighted by Crippen LogP contribution is -2.45. The maximum absolute atomic E-state index is 11.5. The highest BCUT2D eigenvalue weighted by molar-refractivity contribution is 5.81. The van der Waals surface area contributed by atoms with Crippen LogP contribution in [0, 0.1) is 0 Å². The summed E-state index contributed by atoms with van der Waals surface area (Å²) in [7, 11) is 4.05. The van der Waals surface area contributed by atoms with Gasteiger partial charge in [0, 0.05) is 6.04 Å². The van der Waals surface area contributed by atoms with Crippen molar-refractivity contribution in [1.29, 1.82) is 0 Å². The lowest BCUT2D eigenvalue weighted by molar-refractivity contribution is -0.123. The molecule has 0 aromatic heterocycles. The average Bonchev–Trinajstić information content (AvgIpc) is 2.15. The van der Waals surface area contributed by atoms with Gasteiger partial charge in [0.05, 0.1) is 6.04 Å². The van der Waals surface area contributed by atoms with E-state index in [0.717, 1.165) is 25.8 Å². The standard InChI is InChI=1S/C11H25N3O/c1-5-6-10(12)11(15)13-9(2)7-8-14(3)4/h9-10H,5-8,12H2,1-4H3,(H,13,15). The first kappa shape index (κ1) is 14.4. The van der Waals surface area contributed by atoms with Gasteiger partial charge in [-0.1, -0.05) is 13.3 Å². The number of carbonyl (C=O) groups is 1. The largest absolute Gasteiger partial charge is 0.352 e. The van der Waals surface area contributed by atoms with E-state index in [9.17, 15) is 4.79 Å². The van der Waals surface area contributed by atoms with Crippen LogP contribution in [0.1, 0.15) is 33.1 Å². The fraction of sp³-hybridized carbons (Fsp3) is 0.909. The highest BCUT2D eigenvalue weighted by Crippen LogP contribution is 1.96. The van der Waals surface area contributed by atoms with E-state index in [4.69, 9.17) is 5.73 Å². The first-order chi connectivity index (χ1) is 6.97. The number of rotatable bonds is 7. The minimum atomic E-state index is -0.350. The number of amides is 1. The van der Waals surface area contributed by atoms with Gasteiger partial charge in [-0.15, -0.1) is 0 Å². The van der Waals surface area contributed by atoms with Crippen molar-refractivity contribution >= 4 is 5.91 Å². The summed E-state index contributed by atoms with van der Waals surface area (Å²) in [5.41, 5.74) is 5.71. The molecule has 0 aliphatic carbocycles. The third-order valence-electron chi connectivity index (χ3n) is 2.33. The van der Waals surface area contributed by atoms with Crippen LogP contribution in [0.3, 0.4) is 0 Å². The molecule has 2 unspecified atom stereocenters. The fourth-order valence-electron chi connectivity index (χ4n) is 1.32. The van der Waals surface area contributed by atoms with Crippen LogP contribution < -0.4 is 11.1 Å². The molecule has 0 bridgehead atoms. The molecule has 1 amide bonds. The number of nitrogens with two attached hydrogens (primary N) is 1. The Balaban J connectivity index is 3.75. The lowest BCUT2D eigenvalue weighted by atomic mass is 10.1. The topological polar surface area (TPSA) is 58.4 Å². The number of carbonyl (C=O) groups excluding carboxylic acids is 1. The van der Waals surface area contributed by atoms with Crippen molar-refractivity contribution < 1.29 is 4.79 Å². The molecule has 90 valence electrons. The Morgan fingerprint density at radius 2 is 2.00 bits per heavy atom. The summed E-state index contributed by atoms with van der Waals surface area (Å²) in [6.45, 7) is 5.02. The van der Waals surface area contributed by atoms with E-state index < -0.39 is 0 Å². The van der Waals surface area contributed by atoms with Crippen molar-refractivity contribution in [2.75, 3.05) is 20.6 Å². The molecule has 0 saturated heterocycles. The molecule has 15 heavy (non-hydrogen) atoms. The molecule has 0 saturated carbocycles. The third kappa shape index (κ3) is 7.33. The maximum atomic E-state index is 11.5. The van der Waals surface area contributed by atoms with Crippen LogP contribution in [-0.4, -0.2) is 43.5 Å². The Hall–Kier alpha value is -0.610. The van der Waals surface area contributed by atoms with E-state index >= 15 is 0 Å². The molecule has 0 heterocycles. The lowest BCUT2D eigenvalue weighted by Gasteiger charge is -2.18. The highest BCUT2D eigenvalue weighted by atomic mass is 16.2. The summed E-state index contributed by atoms with van der Waals surface area (Å²) in [6.07, 6.45) is 2.66. The number of hydrogen-bond acceptors (Lipinski definition) is 3. The quantitative estimate of drug-likeness (QED) is 0.653. The zero-order chi connectivity index (χ0) is 11.8. The van der Waals surface area contributed by atoms with Crippen molar-refractivity contribution in [3.05, 3.63) is 0 Å². The van der Waals surface area contributed by atoms with E-state index in [1.54, 1.807) is 0 Å². The van der Waals surface area contributed by atoms with Gasteiger partial charge in [-0.05, 0) is 40.4 Å². The van der Waals surface area contributed by atoms with Gasteiger partial charge in [0.15, 0.2) is 0 Å². The molecule has 0 aliphatic heterocycles. The predicted molar refractivity (Wildman–Crippen MR) is 63.7 cm³/mol. The molecule has 4 heteroatoms. The average molecular weight is 215 g/mol. The summed E-state index contributed by atoms with van der Waals surface area (Å²) < 4.78 is 0. The SMILES string of the molecule is CCCC(N)C(=O)NC(C)CCN(C)C. The molecule has 0 rings (SSSR count). The van der Waals surface area contributed by atoms with E-state index in [-0.39, 0.29) is 18.0 Å². The fourth-order valence-corrected chi connectivity index (χ4v) is 1.32. The van der Waals surface area contributed by atoms with Crippen LogP contribution in [0.15, 0.2) is 0 Å². The van der Waals surface area contributed by atoms with Crippen LogP contribution in [0.5, 0.6) is 0 Å². The van der Waals surface area contributed by atoms with Gasteiger partial charge in [0.2, 0.25) is 5.91 Å². The number of nitrogens with one attached hydrogen (secondary N) is 1. The first-order valence-corrected chi connectivity index (χ1v) is 5.68. The minimum absolute atomic E-state index is 0.0249. The Kier molecular flexibility index (Phi) is 7.34. The molecule has 0 aromatic carbocycles. The Morgan fingerprint density at radius 1 is 1.40 bits per heavy atom. The molecule has 0 aliphatic rings. The zero-order valence-electron chi connectivity index (χ0n) is 10.4. The van der Waals surface area contributed by atoms with Crippen molar-refractivity contribution in [3.63, 3.8) is 0 Å². The van der Waals surface area contributed by atoms with Crippen molar-refractivity contribution in [2.45, 2.75) is 45.2 Å². The van der Waals surface area contributed by atoms with Gasteiger partial charge < -0.3 is 16.0 Å².